The van der Waals surface area contributed by atoms with E-state index in [4.69, 9.17) is 5.73 Å². The SMILES string of the molecule is Cc1ccc(NC(N)=NCCCN(C)Cc2ccccc2)cc1.I. The summed E-state index contributed by atoms with van der Waals surface area (Å²) in [4.78, 5) is 6.68. The number of hydrogen-bond acceptors (Lipinski definition) is 2. The Morgan fingerprint density at radius 1 is 1.08 bits per heavy atom. The van der Waals surface area contributed by atoms with Crippen LogP contribution in [0.5, 0.6) is 0 Å². The first-order valence-corrected chi connectivity index (χ1v) is 7.99. The van der Waals surface area contributed by atoms with Crippen LogP contribution >= 0.6 is 24.0 Å². The van der Waals surface area contributed by atoms with Gasteiger partial charge in [-0.15, -0.1) is 24.0 Å². The number of halogens is 1. The molecule has 0 aromatic heterocycles. The van der Waals surface area contributed by atoms with Gasteiger partial charge in [-0.25, -0.2) is 0 Å². The van der Waals surface area contributed by atoms with Gasteiger partial charge in [0.05, 0.1) is 0 Å². The van der Waals surface area contributed by atoms with Gasteiger partial charge in [-0.05, 0) is 44.6 Å². The molecule has 0 saturated heterocycles. The van der Waals surface area contributed by atoms with Gasteiger partial charge in [-0.1, -0.05) is 48.0 Å². The van der Waals surface area contributed by atoms with Gasteiger partial charge < -0.3 is 16.0 Å². The molecule has 2 aromatic rings. The minimum atomic E-state index is 0. The van der Waals surface area contributed by atoms with Gasteiger partial charge in [0.1, 0.15) is 0 Å². The first kappa shape index (κ1) is 20.4. The zero-order chi connectivity index (χ0) is 16.5. The molecule has 0 spiro atoms. The van der Waals surface area contributed by atoms with Crippen molar-refractivity contribution in [3.05, 3.63) is 65.7 Å². The van der Waals surface area contributed by atoms with E-state index in [1.807, 2.05) is 30.3 Å². The minimum Gasteiger partial charge on any atom is -0.370 e. The summed E-state index contributed by atoms with van der Waals surface area (Å²) in [6.45, 7) is 4.74. The molecule has 0 aliphatic carbocycles. The first-order valence-electron chi connectivity index (χ1n) is 7.99. The molecule has 2 aromatic carbocycles. The number of nitrogens with one attached hydrogen (secondary N) is 1. The molecular weight excluding hydrogens is 411 g/mol. The lowest BCUT2D eigenvalue weighted by Gasteiger charge is -2.16. The zero-order valence-corrected chi connectivity index (χ0v) is 16.7. The summed E-state index contributed by atoms with van der Waals surface area (Å²) < 4.78 is 0. The molecule has 5 heteroatoms. The molecule has 0 aliphatic heterocycles. The predicted octanol–water partition coefficient (Wildman–Crippen LogP) is 3.86. The molecule has 2 rings (SSSR count). The molecule has 0 heterocycles. The number of nitrogens with zero attached hydrogens (tertiary/aromatic N) is 2. The summed E-state index contributed by atoms with van der Waals surface area (Å²) in [5, 5.41) is 3.11. The number of hydrogen-bond donors (Lipinski definition) is 2. The number of aryl methyl sites for hydroxylation is 1. The molecular formula is C19H27IN4. The van der Waals surface area contributed by atoms with Gasteiger partial charge in [-0.3, -0.25) is 4.99 Å². The summed E-state index contributed by atoms with van der Waals surface area (Å²) >= 11 is 0. The third-order valence-electron chi connectivity index (χ3n) is 3.60. The molecule has 0 aliphatic rings. The van der Waals surface area contributed by atoms with Crippen molar-refractivity contribution in [2.75, 3.05) is 25.5 Å². The minimum absolute atomic E-state index is 0. The lowest BCUT2D eigenvalue weighted by atomic mass is 10.2. The van der Waals surface area contributed by atoms with Crippen molar-refractivity contribution in [3.63, 3.8) is 0 Å². The zero-order valence-electron chi connectivity index (χ0n) is 14.4. The highest BCUT2D eigenvalue weighted by Crippen LogP contribution is 2.08. The molecule has 0 fully saturated rings. The highest BCUT2D eigenvalue weighted by atomic mass is 127. The molecule has 0 radical (unpaired) electrons. The average Bonchev–Trinajstić information content (AvgIpc) is 2.55. The number of anilines is 1. The number of nitrogens with two attached hydrogens (primary N) is 1. The van der Waals surface area contributed by atoms with Crippen LogP contribution < -0.4 is 11.1 Å². The van der Waals surface area contributed by atoms with E-state index in [0.29, 0.717) is 5.96 Å². The second kappa shape index (κ2) is 11.0. The van der Waals surface area contributed by atoms with E-state index < -0.39 is 0 Å². The Kier molecular flexibility index (Phi) is 9.41. The topological polar surface area (TPSA) is 53.6 Å². The van der Waals surface area contributed by atoms with Crippen molar-refractivity contribution in [2.24, 2.45) is 10.7 Å². The van der Waals surface area contributed by atoms with Crippen molar-refractivity contribution in [2.45, 2.75) is 19.9 Å². The highest BCUT2D eigenvalue weighted by molar-refractivity contribution is 14.0. The Bertz CT molecular complexity index is 611. The van der Waals surface area contributed by atoms with E-state index in [2.05, 4.69) is 53.4 Å². The monoisotopic (exact) mass is 438 g/mol. The van der Waals surface area contributed by atoms with Crippen LogP contribution in [-0.2, 0) is 6.54 Å². The van der Waals surface area contributed by atoms with Crippen LogP contribution in [0.15, 0.2) is 59.6 Å². The van der Waals surface area contributed by atoms with Gasteiger partial charge >= 0.3 is 0 Å². The van der Waals surface area contributed by atoms with Gasteiger partial charge in [0.15, 0.2) is 5.96 Å². The molecule has 0 amide bonds. The average molecular weight is 438 g/mol. The van der Waals surface area contributed by atoms with Crippen molar-refractivity contribution < 1.29 is 0 Å². The van der Waals surface area contributed by atoms with Gasteiger partial charge in [0.2, 0.25) is 0 Å². The summed E-state index contributed by atoms with van der Waals surface area (Å²) in [6, 6.07) is 18.6. The van der Waals surface area contributed by atoms with E-state index in [9.17, 15) is 0 Å². The molecule has 4 nitrogen and oxygen atoms in total. The number of benzene rings is 2. The van der Waals surface area contributed by atoms with E-state index in [-0.39, 0.29) is 24.0 Å². The Hall–Kier alpha value is -1.60. The summed E-state index contributed by atoms with van der Waals surface area (Å²) in [5.74, 6) is 0.472. The standard InChI is InChI=1S/C19H26N4.HI/c1-16-9-11-18(12-10-16)22-19(20)21-13-6-14-23(2)15-17-7-4-3-5-8-17;/h3-5,7-12H,6,13-15H2,1-2H3,(H3,20,21,22);1H. The Balaban J connectivity index is 0.00000288. The maximum atomic E-state index is 5.91. The van der Waals surface area contributed by atoms with Crippen molar-refractivity contribution in [1.29, 1.82) is 0 Å². The van der Waals surface area contributed by atoms with E-state index >= 15 is 0 Å². The van der Waals surface area contributed by atoms with E-state index in [1.54, 1.807) is 0 Å². The molecule has 0 saturated carbocycles. The normalized spacial score (nSPS) is 11.2. The Morgan fingerprint density at radius 2 is 1.75 bits per heavy atom. The first-order chi connectivity index (χ1) is 11.1. The third-order valence-corrected chi connectivity index (χ3v) is 3.60. The smallest absolute Gasteiger partial charge is 0.193 e. The van der Waals surface area contributed by atoms with Crippen LogP contribution in [0.25, 0.3) is 0 Å². The van der Waals surface area contributed by atoms with E-state index in [1.165, 1.54) is 11.1 Å². The number of aliphatic imine (C=N–C) groups is 1. The lowest BCUT2D eigenvalue weighted by Crippen LogP contribution is -2.24. The molecule has 0 unspecified atom stereocenters. The van der Waals surface area contributed by atoms with Crippen LogP contribution in [-0.4, -0.2) is 31.0 Å². The fraction of sp³-hybridized carbons (Fsp3) is 0.316. The molecule has 0 atom stereocenters. The number of rotatable bonds is 7. The Labute approximate surface area is 162 Å². The fourth-order valence-corrected chi connectivity index (χ4v) is 2.34. The summed E-state index contributed by atoms with van der Waals surface area (Å²) in [7, 11) is 2.13. The third kappa shape index (κ3) is 7.79. The summed E-state index contributed by atoms with van der Waals surface area (Å²) in [5.41, 5.74) is 9.44. The van der Waals surface area contributed by atoms with Crippen LogP contribution in [0.1, 0.15) is 17.5 Å². The van der Waals surface area contributed by atoms with Crippen molar-refractivity contribution >= 4 is 35.6 Å². The quantitative estimate of drug-likeness (QED) is 0.299. The molecule has 3 N–H and O–H groups in total. The maximum absolute atomic E-state index is 5.91. The van der Waals surface area contributed by atoms with Crippen LogP contribution in [0.4, 0.5) is 5.69 Å². The van der Waals surface area contributed by atoms with E-state index in [0.717, 1.165) is 31.7 Å². The van der Waals surface area contributed by atoms with Crippen molar-refractivity contribution in [1.82, 2.24) is 4.90 Å². The second-order valence-electron chi connectivity index (χ2n) is 5.83. The maximum Gasteiger partial charge on any atom is 0.193 e. The molecule has 0 bridgehead atoms. The van der Waals surface area contributed by atoms with Crippen LogP contribution in [0, 0.1) is 6.92 Å². The Morgan fingerprint density at radius 3 is 2.42 bits per heavy atom. The van der Waals surface area contributed by atoms with Gasteiger partial charge in [-0.2, -0.15) is 0 Å². The largest absolute Gasteiger partial charge is 0.370 e. The van der Waals surface area contributed by atoms with Gasteiger partial charge in [0.25, 0.3) is 0 Å². The fourth-order valence-electron chi connectivity index (χ4n) is 2.34. The molecule has 24 heavy (non-hydrogen) atoms. The summed E-state index contributed by atoms with van der Waals surface area (Å²) in [6.07, 6.45) is 0.986. The van der Waals surface area contributed by atoms with Crippen molar-refractivity contribution in [3.8, 4) is 0 Å². The van der Waals surface area contributed by atoms with Crippen LogP contribution in [0.2, 0.25) is 0 Å². The van der Waals surface area contributed by atoms with Gasteiger partial charge in [0, 0.05) is 18.8 Å². The lowest BCUT2D eigenvalue weighted by molar-refractivity contribution is 0.324. The van der Waals surface area contributed by atoms with Crippen LogP contribution in [0.3, 0.4) is 0 Å². The highest BCUT2D eigenvalue weighted by Gasteiger charge is 2.00. The number of guanidine groups is 1. The molecule has 130 valence electrons. The second-order valence-corrected chi connectivity index (χ2v) is 5.83. The predicted molar refractivity (Wildman–Crippen MR) is 114 cm³/mol.